The molecule has 0 aromatic heterocycles. The molecule has 0 saturated heterocycles. The third-order valence-corrected chi connectivity index (χ3v) is 4.03. The van der Waals surface area contributed by atoms with Crippen molar-refractivity contribution in [2.24, 2.45) is 5.92 Å². The van der Waals surface area contributed by atoms with Crippen molar-refractivity contribution >= 4 is 15.9 Å². The first kappa shape index (κ1) is 9.20. The Balaban J connectivity index is 2.10. The Morgan fingerprint density at radius 2 is 1.85 bits per heavy atom. The topological polar surface area (TPSA) is 0 Å². The van der Waals surface area contributed by atoms with Gasteiger partial charge in [0.25, 0.3) is 0 Å². The molecule has 0 spiro atoms. The van der Waals surface area contributed by atoms with E-state index in [1.54, 1.807) is 0 Å². The van der Waals surface area contributed by atoms with Gasteiger partial charge in [-0.15, -0.1) is 0 Å². The van der Waals surface area contributed by atoms with Gasteiger partial charge in [0, 0.05) is 4.83 Å². The van der Waals surface area contributed by atoms with Gasteiger partial charge >= 0.3 is 0 Å². The van der Waals surface area contributed by atoms with E-state index in [4.69, 9.17) is 0 Å². The Morgan fingerprint density at radius 3 is 2.31 bits per heavy atom. The van der Waals surface area contributed by atoms with E-state index >= 15 is 0 Å². The van der Waals surface area contributed by atoms with Crippen LogP contribution in [-0.4, -0.2) is 0 Å². The number of hydrogen-bond donors (Lipinski definition) is 0. The van der Waals surface area contributed by atoms with Gasteiger partial charge in [0.05, 0.1) is 0 Å². The minimum atomic E-state index is -0.156. The lowest BCUT2D eigenvalue weighted by molar-refractivity contribution is 0.312. The first-order valence-electron chi connectivity index (χ1n) is 4.67. The average Bonchev–Trinajstić information content (AvgIpc) is 2.02. The maximum absolute atomic E-state index is 12.6. The fourth-order valence-corrected chi connectivity index (χ4v) is 2.49. The zero-order valence-corrected chi connectivity index (χ0v) is 8.93. The van der Waals surface area contributed by atoms with E-state index in [-0.39, 0.29) is 5.82 Å². The van der Waals surface area contributed by atoms with Crippen LogP contribution in [0.5, 0.6) is 0 Å². The van der Waals surface area contributed by atoms with Gasteiger partial charge in [-0.05, 0) is 36.5 Å². The molecular formula is C11H12BrF. The molecule has 1 aromatic rings. The summed E-state index contributed by atoms with van der Waals surface area (Å²) < 4.78 is 12.6. The van der Waals surface area contributed by atoms with Gasteiger partial charge in [-0.1, -0.05) is 34.5 Å². The lowest BCUT2D eigenvalue weighted by atomic mass is 9.81. The van der Waals surface area contributed by atoms with Crippen LogP contribution >= 0.6 is 15.9 Å². The van der Waals surface area contributed by atoms with E-state index < -0.39 is 0 Å². The van der Waals surface area contributed by atoms with Crippen LogP contribution in [0.2, 0.25) is 0 Å². The van der Waals surface area contributed by atoms with Crippen molar-refractivity contribution in [2.45, 2.75) is 24.1 Å². The van der Waals surface area contributed by atoms with Crippen LogP contribution in [0.4, 0.5) is 4.39 Å². The minimum absolute atomic E-state index is 0.156. The molecule has 70 valence electrons. The maximum atomic E-state index is 12.6. The number of rotatable bonds is 2. The van der Waals surface area contributed by atoms with Crippen molar-refractivity contribution in [1.29, 1.82) is 0 Å². The zero-order valence-electron chi connectivity index (χ0n) is 7.34. The summed E-state index contributed by atoms with van der Waals surface area (Å²) in [5.41, 5.74) is 1.20. The summed E-state index contributed by atoms with van der Waals surface area (Å²) in [6.07, 6.45) is 3.94. The van der Waals surface area contributed by atoms with Crippen molar-refractivity contribution in [1.82, 2.24) is 0 Å². The van der Waals surface area contributed by atoms with Gasteiger partial charge in [-0.3, -0.25) is 0 Å². The monoisotopic (exact) mass is 242 g/mol. The quantitative estimate of drug-likeness (QED) is 0.687. The molecule has 0 bridgehead atoms. The third kappa shape index (κ3) is 1.93. The Hall–Kier alpha value is -0.370. The molecule has 1 saturated carbocycles. The predicted octanol–water partition coefficient (Wildman–Crippen LogP) is 4.06. The number of hydrogen-bond acceptors (Lipinski definition) is 0. The SMILES string of the molecule is Fc1ccc(C(Br)C2CCC2)cc1. The average molecular weight is 243 g/mol. The van der Waals surface area contributed by atoms with Crippen molar-refractivity contribution in [3.8, 4) is 0 Å². The summed E-state index contributed by atoms with van der Waals surface area (Å²) in [4.78, 5) is 0.418. The molecular weight excluding hydrogens is 231 g/mol. The van der Waals surface area contributed by atoms with Gasteiger partial charge in [-0.25, -0.2) is 4.39 Å². The zero-order chi connectivity index (χ0) is 9.26. The Kier molecular flexibility index (Phi) is 2.68. The fourth-order valence-electron chi connectivity index (χ4n) is 1.65. The van der Waals surface area contributed by atoms with Gasteiger partial charge < -0.3 is 0 Å². The number of alkyl halides is 1. The molecule has 13 heavy (non-hydrogen) atoms. The van der Waals surface area contributed by atoms with Crippen LogP contribution in [0, 0.1) is 11.7 Å². The van der Waals surface area contributed by atoms with E-state index in [2.05, 4.69) is 15.9 Å². The Morgan fingerprint density at radius 1 is 1.23 bits per heavy atom. The van der Waals surface area contributed by atoms with Gasteiger partial charge in [0.15, 0.2) is 0 Å². The molecule has 0 radical (unpaired) electrons. The van der Waals surface area contributed by atoms with Crippen molar-refractivity contribution in [3.05, 3.63) is 35.6 Å². The second-order valence-corrected chi connectivity index (χ2v) is 4.63. The van der Waals surface area contributed by atoms with E-state index in [0.29, 0.717) is 4.83 Å². The summed E-state index contributed by atoms with van der Waals surface area (Å²) in [6.45, 7) is 0. The molecule has 0 nitrogen and oxygen atoms in total. The fraction of sp³-hybridized carbons (Fsp3) is 0.455. The highest BCUT2D eigenvalue weighted by Crippen LogP contribution is 2.42. The molecule has 1 aliphatic carbocycles. The van der Waals surface area contributed by atoms with Gasteiger partial charge in [-0.2, -0.15) is 0 Å². The molecule has 1 aliphatic rings. The maximum Gasteiger partial charge on any atom is 0.123 e. The van der Waals surface area contributed by atoms with E-state index in [1.165, 1.54) is 37.0 Å². The third-order valence-electron chi connectivity index (χ3n) is 2.75. The number of halogens is 2. The van der Waals surface area contributed by atoms with Crippen molar-refractivity contribution in [3.63, 3.8) is 0 Å². The molecule has 1 aromatic carbocycles. The summed E-state index contributed by atoms with van der Waals surface area (Å²) >= 11 is 3.66. The largest absolute Gasteiger partial charge is 0.207 e. The lowest BCUT2D eigenvalue weighted by Gasteiger charge is -2.30. The van der Waals surface area contributed by atoms with Gasteiger partial charge in [0.2, 0.25) is 0 Å². The minimum Gasteiger partial charge on any atom is -0.207 e. The van der Waals surface area contributed by atoms with E-state index in [1.807, 2.05) is 12.1 Å². The molecule has 0 amide bonds. The smallest absolute Gasteiger partial charge is 0.123 e. The molecule has 0 N–H and O–H groups in total. The summed E-state index contributed by atoms with van der Waals surface area (Å²) in [5, 5.41) is 0. The normalized spacial score (nSPS) is 19.5. The van der Waals surface area contributed by atoms with Crippen LogP contribution in [-0.2, 0) is 0 Å². The lowest BCUT2D eigenvalue weighted by Crippen LogP contribution is -2.16. The van der Waals surface area contributed by atoms with Gasteiger partial charge in [0.1, 0.15) is 5.82 Å². The standard InChI is InChI=1S/C11H12BrF/c12-11(8-2-1-3-8)9-4-6-10(13)7-5-9/h4-8,11H,1-3H2. The molecule has 0 heterocycles. The van der Waals surface area contributed by atoms with Crippen LogP contribution in [0.15, 0.2) is 24.3 Å². The van der Waals surface area contributed by atoms with Crippen LogP contribution in [0.3, 0.4) is 0 Å². The van der Waals surface area contributed by atoms with Crippen LogP contribution in [0.1, 0.15) is 29.7 Å². The molecule has 2 heteroatoms. The Bertz CT molecular complexity index is 277. The summed E-state index contributed by atoms with van der Waals surface area (Å²) in [5.74, 6) is 0.600. The first-order valence-corrected chi connectivity index (χ1v) is 5.58. The first-order chi connectivity index (χ1) is 6.27. The van der Waals surface area contributed by atoms with Crippen molar-refractivity contribution < 1.29 is 4.39 Å². The summed E-state index contributed by atoms with van der Waals surface area (Å²) in [7, 11) is 0. The predicted molar refractivity (Wildman–Crippen MR) is 55.4 cm³/mol. The summed E-state index contributed by atoms with van der Waals surface area (Å²) in [6, 6.07) is 6.80. The molecule has 0 aliphatic heterocycles. The van der Waals surface area contributed by atoms with Crippen LogP contribution < -0.4 is 0 Å². The molecule has 1 atom stereocenters. The highest BCUT2D eigenvalue weighted by Gasteiger charge is 2.26. The van der Waals surface area contributed by atoms with E-state index in [9.17, 15) is 4.39 Å². The molecule has 2 rings (SSSR count). The second-order valence-electron chi connectivity index (χ2n) is 3.64. The van der Waals surface area contributed by atoms with Crippen molar-refractivity contribution in [2.75, 3.05) is 0 Å². The van der Waals surface area contributed by atoms with Crippen LogP contribution in [0.25, 0.3) is 0 Å². The number of benzene rings is 1. The highest BCUT2D eigenvalue weighted by molar-refractivity contribution is 9.09. The Labute approximate surface area is 86.3 Å². The molecule has 1 unspecified atom stereocenters. The van der Waals surface area contributed by atoms with E-state index in [0.717, 1.165) is 5.92 Å². The highest BCUT2D eigenvalue weighted by atomic mass is 79.9. The molecule has 1 fully saturated rings. The second kappa shape index (κ2) is 3.79.